The van der Waals surface area contributed by atoms with Gasteiger partial charge >= 0.3 is 0 Å². The van der Waals surface area contributed by atoms with E-state index in [9.17, 15) is 4.79 Å². The normalized spacial score (nSPS) is 12.3. The molecule has 0 aliphatic carbocycles. The third-order valence-corrected chi connectivity index (χ3v) is 3.16. The molecule has 0 heterocycles. The van der Waals surface area contributed by atoms with Crippen molar-refractivity contribution < 1.29 is 9.53 Å². The average Bonchev–Trinajstić information content (AvgIpc) is 2.38. The number of nitrogens with two attached hydrogens (primary N) is 1. The number of nitrogens with zero attached hydrogens (tertiary/aromatic N) is 1. The molecule has 0 spiro atoms. The third kappa shape index (κ3) is 4.56. The van der Waals surface area contributed by atoms with Crippen LogP contribution in [0.5, 0.6) is 5.75 Å². The van der Waals surface area contributed by atoms with Crippen LogP contribution in [0.4, 0.5) is 0 Å². The lowest BCUT2D eigenvalue weighted by Crippen LogP contribution is -2.46. The number of hydrogen-bond acceptors (Lipinski definition) is 3. The van der Waals surface area contributed by atoms with E-state index >= 15 is 0 Å². The molecule has 0 aromatic heterocycles. The Kier molecular flexibility index (Phi) is 5.83. The third-order valence-electron chi connectivity index (χ3n) is 3.16. The van der Waals surface area contributed by atoms with Crippen molar-refractivity contribution in [3.05, 3.63) is 29.8 Å². The largest absolute Gasteiger partial charge is 0.491 e. The first-order chi connectivity index (χ1) is 8.93. The van der Waals surface area contributed by atoms with Gasteiger partial charge in [-0.25, -0.2) is 0 Å². The molecule has 1 aromatic carbocycles. The summed E-state index contributed by atoms with van der Waals surface area (Å²) >= 11 is 0. The van der Waals surface area contributed by atoms with Crippen LogP contribution in [0, 0.1) is 12.8 Å². The summed E-state index contributed by atoms with van der Waals surface area (Å²) in [5.74, 6) is 0.965. The second kappa shape index (κ2) is 7.14. The molecular formula is C15H24N2O2. The topological polar surface area (TPSA) is 55.6 Å². The molecule has 0 saturated heterocycles. The van der Waals surface area contributed by atoms with E-state index in [1.165, 1.54) is 0 Å². The van der Waals surface area contributed by atoms with Gasteiger partial charge in [-0.05, 0) is 24.5 Å². The number of para-hydroxylation sites is 1. The Hall–Kier alpha value is -1.55. The summed E-state index contributed by atoms with van der Waals surface area (Å²) in [6, 6.07) is 7.39. The molecule has 0 radical (unpaired) electrons. The fourth-order valence-electron chi connectivity index (χ4n) is 1.66. The summed E-state index contributed by atoms with van der Waals surface area (Å²) in [6.45, 7) is 6.89. The molecule has 0 unspecified atom stereocenters. The van der Waals surface area contributed by atoms with E-state index in [-0.39, 0.29) is 11.8 Å². The summed E-state index contributed by atoms with van der Waals surface area (Å²) in [5.41, 5.74) is 6.93. The summed E-state index contributed by atoms with van der Waals surface area (Å²) in [6.07, 6.45) is 0. The molecule has 1 atom stereocenters. The highest BCUT2D eigenvalue weighted by Crippen LogP contribution is 2.15. The maximum atomic E-state index is 11.9. The van der Waals surface area contributed by atoms with Crippen molar-refractivity contribution in [3.63, 3.8) is 0 Å². The van der Waals surface area contributed by atoms with Gasteiger partial charge < -0.3 is 15.4 Å². The first-order valence-corrected chi connectivity index (χ1v) is 6.62. The average molecular weight is 264 g/mol. The van der Waals surface area contributed by atoms with Gasteiger partial charge in [0.25, 0.3) is 0 Å². The number of aryl methyl sites for hydroxylation is 1. The number of benzene rings is 1. The van der Waals surface area contributed by atoms with E-state index in [1.807, 2.05) is 45.0 Å². The highest BCUT2D eigenvalue weighted by atomic mass is 16.5. The van der Waals surface area contributed by atoms with Gasteiger partial charge in [0.1, 0.15) is 12.4 Å². The SMILES string of the molecule is Cc1ccccc1OCCN(C)C(=O)[C@@H](N)C(C)C. The van der Waals surface area contributed by atoms with Crippen molar-refractivity contribution in [3.8, 4) is 5.75 Å². The van der Waals surface area contributed by atoms with Crippen LogP contribution in [-0.4, -0.2) is 37.0 Å². The molecule has 2 N–H and O–H groups in total. The van der Waals surface area contributed by atoms with Gasteiger partial charge in [0.2, 0.25) is 5.91 Å². The van der Waals surface area contributed by atoms with Crippen molar-refractivity contribution in [2.24, 2.45) is 11.7 Å². The maximum Gasteiger partial charge on any atom is 0.239 e. The second-order valence-corrected chi connectivity index (χ2v) is 5.14. The molecule has 0 aliphatic rings. The molecule has 0 saturated carbocycles. The fourth-order valence-corrected chi connectivity index (χ4v) is 1.66. The van der Waals surface area contributed by atoms with Crippen molar-refractivity contribution in [2.45, 2.75) is 26.8 Å². The molecule has 1 aromatic rings. The van der Waals surface area contributed by atoms with Gasteiger partial charge in [-0.15, -0.1) is 0 Å². The zero-order valence-electron chi connectivity index (χ0n) is 12.2. The van der Waals surface area contributed by atoms with Crippen LogP contribution in [0.1, 0.15) is 19.4 Å². The maximum absolute atomic E-state index is 11.9. The van der Waals surface area contributed by atoms with Crippen LogP contribution in [-0.2, 0) is 4.79 Å². The predicted molar refractivity (Wildman–Crippen MR) is 77.1 cm³/mol. The van der Waals surface area contributed by atoms with Crippen LogP contribution in [0.15, 0.2) is 24.3 Å². The standard InChI is InChI=1S/C15H24N2O2/c1-11(2)14(16)15(18)17(4)9-10-19-13-8-6-5-7-12(13)3/h5-8,11,14H,9-10,16H2,1-4H3/t14-/m0/s1. The highest BCUT2D eigenvalue weighted by Gasteiger charge is 2.20. The minimum absolute atomic E-state index is 0.0385. The smallest absolute Gasteiger partial charge is 0.239 e. The van der Waals surface area contributed by atoms with Gasteiger partial charge in [0, 0.05) is 7.05 Å². The summed E-state index contributed by atoms with van der Waals surface area (Å²) in [7, 11) is 1.76. The quantitative estimate of drug-likeness (QED) is 0.852. The molecule has 0 bridgehead atoms. The van der Waals surface area contributed by atoms with E-state index in [1.54, 1.807) is 11.9 Å². The number of ether oxygens (including phenoxy) is 1. The molecule has 1 rings (SSSR count). The Balaban J connectivity index is 2.41. The van der Waals surface area contributed by atoms with E-state index < -0.39 is 6.04 Å². The molecule has 1 amide bonds. The lowest BCUT2D eigenvalue weighted by molar-refractivity contribution is -0.132. The first kappa shape index (κ1) is 15.5. The molecule has 4 nitrogen and oxygen atoms in total. The monoisotopic (exact) mass is 264 g/mol. The minimum Gasteiger partial charge on any atom is -0.491 e. The zero-order valence-corrected chi connectivity index (χ0v) is 12.2. The van der Waals surface area contributed by atoms with Gasteiger partial charge in [-0.1, -0.05) is 32.0 Å². The fraction of sp³-hybridized carbons (Fsp3) is 0.533. The molecule has 106 valence electrons. The van der Waals surface area contributed by atoms with Crippen LogP contribution >= 0.6 is 0 Å². The van der Waals surface area contributed by atoms with Gasteiger partial charge in [0.15, 0.2) is 0 Å². The number of hydrogen-bond donors (Lipinski definition) is 1. The molecular weight excluding hydrogens is 240 g/mol. The van der Waals surface area contributed by atoms with E-state index in [4.69, 9.17) is 10.5 Å². The predicted octanol–water partition coefficient (Wildman–Crippen LogP) is 1.82. The van der Waals surface area contributed by atoms with Gasteiger partial charge in [0.05, 0.1) is 12.6 Å². The van der Waals surface area contributed by atoms with Crippen molar-refractivity contribution in [1.29, 1.82) is 0 Å². The van der Waals surface area contributed by atoms with Crippen LogP contribution < -0.4 is 10.5 Å². The van der Waals surface area contributed by atoms with Gasteiger partial charge in [-0.2, -0.15) is 0 Å². The van der Waals surface area contributed by atoms with Crippen molar-refractivity contribution in [2.75, 3.05) is 20.2 Å². The molecule has 0 aliphatic heterocycles. The number of carbonyl (C=O) groups is 1. The zero-order chi connectivity index (χ0) is 14.4. The Bertz CT molecular complexity index is 418. The van der Waals surface area contributed by atoms with Crippen molar-refractivity contribution in [1.82, 2.24) is 4.90 Å². The highest BCUT2D eigenvalue weighted by molar-refractivity contribution is 5.81. The van der Waals surface area contributed by atoms with Crippen LogP contribution in [0.3, 0.4) is 0 Å². The Morgan fingerprint density at radius 3 is 2.58 bits per heavy atom. The summed E-state index contributed by atoms with van der Waals surface area (Å²) < 4.78 is 5.66. The van der Waals surface area contributed by atoms with E-state index in [2.05, 4.69) is 0 Å². The Morgan fingerprint density at radius 2 is 2.00 bits per heavy atom. The van der Waals surface area contributed by atoms with Gasteiger partial charge in [-0.3, -0.25) is 4.79 Å². The number of likely N-dealkylation sites (N-methyl/N-ethyl adjacent to an activating group) is 1. The summed E-state index contributed by atoms with van der Waals surface area (Å²) in [4.78, 5) is 13.6. The number of carbonyl (C=O) groups excluding carboxylic acids is 1. The number of rotatable bonds is 6. The first-order valence-electron chi connectivity index (χ1n) is 6.62. The minimum atomic E-state index is -0.441. The van der Waals surface area contributed by atoms with Crippen molar-refractivity contribution >= 4 is 5.91 Å². The van der Waals surface area contributed by atoms with E-state index in [0.29, 0.717) is 13.2 Å². The molecule has 0 fully saturated rings. The Morgan fingerprint density at radius 1 is 1.37 bits per heavy atom. The Labute approximate surface area is 115 Å². The molecule has 19 heavy (non-hydrogen) atoms. The second-order valence-electron chi connectivity index (χ2n) is 5.14. The lowest BCUT2D eigenvalue weighted by Gasteiger charge is -2.23. The molecule has 4 heteroatoms. The van der Waals surface area contributed by atoms with E-state index in [0.717, 1.165) is 11.3 Å². The van der Waals surface area contributed by atoms with Crippen LogP contribution in [0.25, 0.3) is 0 Å². The summed E-state index contributed by atoms with van der Waals surface area (Å²) in [5, 5.41) is 0. The van der Waals surface area contributed by atoms with Crippen LogP contribution in [0.2, 0.25) is 0 Å². The lowest BCUT2D eigenvalue weighted by atomic mass is 10.0. The number of amides is 1.